The summed E-state index contributed by atoms with van der Waals surface area (Å²) in [7, 11) is -4.76. The zero-order chi connectivity index (χ0) is 21.8. The summed E-state index contributed by atoms with van der Waals surface area (Å²) >= 11 is 1.10. The van der Waals surface area contributed by atoms with E-state index in [4.69, 9.17) is 14.5 Å². The number of carbonyl (C=O) groups is 1. The summed E-state index contributed by atoms with van der Waals surface area (Å²) in [6, 6.07) is 28.8. The van der Waals surface area contributed by atoms with Gasteiger partial charge in [0.05, 0.1) is 4.88 Å². The van der Waals surface area contributed by atoms with Gasteiger partial charge in [0.25, 0.3) is 5.52 Å². The molecule has 156 valence electrons. The molecule has 7 heteroatoms. The minimum Gasteiger partial charge on any atom is -0.457 e. The van der Waals surface area contributed by atoms with Crippen molar-refractivity contribution in [3.8, 4) is 22.6 Å². The second kappa shape index (κ2) is 9.00. The summed E-state index contributed by atoms with van der Waals surface area (Å²) in [5, 5.41) is 0. The van der Waals surface area contributed by atoms with E-state index in [0.717, 1.165) is 38.7 Å². The molecule has 0 unspecified atom stereocenters. The Kier molecular flexibility index (Phi) is 6.16. The Morgan fingerprint density at radius 3 is 2.23 bits per heavy atom. The van der Waals surface area contributed by atoms with Crippen LogP contribution in [0.4, 0.5) is 0 Å². The van der Waals surface area contributed by atoms with Crippen LogP contribution in [0.2, 0.25) is 0 Å². The van der Waals surface area contributed by atoms with Crippen LogP contribution in [-0.4, -0.2) is 15.3 Å². The topological polar surface area (TPSA) is 83.8 Å². The number of benzene rings is 3. The van der Waals surface area contributed by atoms with Gasteiger partial charge < -0.3 is 14.5 Å². The van der Waals surface area contributed by atoms with Crippen molar-refractivity contribution >= 4 is 24.5 Å². The second-order valence-electron chi connectivity index (χ2n) is 6.93. The minimum absolute atomic E-state index is 0.0709. The first-order valence-electron chi connectivity index (χ1n) is 9.50. The van der Waals surface area contributed by atoms with Gasteiger partial charge in [-0.3, -0.25) is 9.36 Å². The Labute approximate surface area is 183 Å². The predicted molar refractivity (Wildman–Crippen MR) is 122 cm³/mol. The van der Waals surface area contributed by atoms with Gasteiger partial charge in [-0.25, -0.2) is 0 Å². The highest BCUT2D eigenvalue weighted by atomic mass is 32.1. The second-order valence-corrected chi connectivity index (χ2v) is 9.59. The zero-order valence-electron chi connectivity index (χ0n) is 16.3. The van der Waals surface area contributed by atoms with E-state index in [0.29, 0.717) is 12.2 Å². The first kappa shape index (κ1) is 21.2. The van der Waals surface area contributed by atoms with Gasteiger partial charge in [-0.05, 0) is 53.1 Å². The highest BCUT2D eigenvalue weighted by Gasteiger charge is 2.28. The maximum Gasteiger partial charge on any atom is 0.397 e. The van der Waals surface area contributed by atoms with Gasteiger partial charge in [-0.1, -0.05) is 54.6 Å². The molecular formula is C24H19O5PS. The molecule has 0 saturated carbocycles. The minimum atomic E-state index is -4.76. The lowest BCUT2D eigenvalue weighted by Crippen LogP contribution is -1.96. The molecule has 2 N–H and O–H groups in total. The first-order valence-corrected chi connectivity index (χ1v) is 11.9. The molecule has 0 radical (unpaired) electrons. The van der Waals surface area contributed by atoms with Crippen LogP contribution < -0.4 is 4.74 Å². The lowest BCUT2D eigenvalue weighted by Gasteiger charge is -2.09. The molecule has 0 amide bonds. The average molecular weight is 450 g/mol. The van der Waals surface area contributed by atoms with E-state index in [1.54, 1.807) is 6.07 Å². The fourth-order valence-corrected chi connectivity index (χ4v) is 4.85. The Balaban J connectivity index is 1.43. The molecule has 1 aromatic heterocycles. The molecular weight excluding hydrogens is 431 g/mol. The Morgan fingerprint density at radius 1 is 0.806 bits per heavy atom. The molecule has 0 fully saturated rings. The molecule has 0 aliphatic heterocycles. The molecule has 0 aliphatic carbocycles. The molecule has 0 saturated heterocycles. The summed E-state index contributed by atoms with van der Waals surface area (Å²) in [5.41, 5.74) is 2.07. The van der Waals surface area contributed by atoms with Crippen LogP contribution >= 0.6 is 18.9 Å². The van der Waals surface area contributed by atoms with Crippen molar-refractivity contribution in [2.45, 2.75) is 6.42 Å². The van der Waals surface area contributed by atoms with Crippen molar-refractivity contribution in [1.82, 2.24) is 0 Å². The maximum absolute atomic E-state index is 11.7. The summed E-state index contributed by atoms with van der Waals surface area (Å²) in [6.45, 7) is 0. The van der Waals surface area contributed by atoms with Gasteiger partial charge >= 0.3 is 7.60 Å². The van der Waals surface area contributed by atoms with Gasteiger partial charge in [0, 0.05) is 11.3 Å². The van der Waals surface area contributed by atoms with Gasteiger partial charge in [0.15, 0.2) is 0 Å². The van der Waals surface area contributed by atoms with Crippen LogP contribution in [0.25, 0.3) is 11.1 Å². The highest BCUT2D eigenvalue weighted by molar-refractivity contribution is 7.71. The summed E-state index contributed by atoms with van der Waals surface area (Å²) in [4.78, 5) is 30.7. The number of hydrogen-bond acceptors (Lipinski definition) is 4. The van der Waals surface area contributed by atoms with Gasteiger partial charge in [0.1, 0.15) is 11.5 Å². The number of carbonyl (C=O) groups excluding carboxylic acids is 1. The Hall–Kier alpha value is -3.02. The third kappa shape index (κ3) is 5.37. The van der Waals surface area contributed by atoms with Gasteiger partial charge in [-0.2, -0.15) is 0 Å². The highest BCUT2D eigenvalue weighted by Crippen LogP contribution is 2.41. The van der Waals surface area contributed by atoms with E-state index in [1.165, 1.54) is 6.07 Å². The monoisotopic (exact) mass is 450 g/mol. The van der Waals surface area contributed by atoms with E-state index < -0.39 is 13.1 Å². The lowest BCUT2D eigenvalue weighted by molar-refractivity contribution is 0.104. The van der Waals surface area contributed by atoms with E-state index in [-0.39, 0.29) is 4.88 Å². The van der Waals surface area contributed by atoms with Crippen LogP contribution in [0.5, 0.6) is 11.5 Å². The number of hydrogen-bond donors (Lipinski definition) is 2. The Morgan fingerprint density at radius 2 is 1.52 bits per heavy atom. The number of ether oxygens (including phenoxy) is 1. The molecule has 0 atom stereocenters. The number of thiophene rings is 1. The molecule has 0 aliphatic rings. The third-order valence-electron chi connectivity index (χ3n) is 4.62. The third-order valence-corrected chi connectivity index (χ3v) is 6.62. The van der Waals surface area contributed by atoms with Crippen molar-refractivity contribution in [2.75, 3.05) is 0 Å². The Bertz CT molecular complexity index is 1240. The van der Waals surface area contributed by atoms with Crippen LogP contribution in [-0.2, 0) is 11.0 Å². The molecule has 0 bridgehead atoms. The van der Waals surface area contributed by atoms with E-state index >= 15 is 0 Å². The normalized spacial score (nSPS) is 11.3. The quantitative estimate of drug-likeness (QED) is 0.332. The first-order chi connectivity index (χ1) is 14.9. The predicted octanol–water partition coefficient (Wildman–Crippen LogP) is 6.12. The van der Waals surface area contributed by atoms with Crippen molar-refractivity contribution in [2.24, 2.45) is 0 Å². The van der Waals surface area contributed by atoms with E-state index in [2.05, 4.69) is 12.1 Å². The standard InChI is InChI=1S/C24H19O5PS/c25-24(30(26,27)28)23-14-13-22(31-23)15-17-9-11-20(12-10-17)29-21-8-4-7-19(16-21)18-5-2-1-3-6-18/h1-14,16H,15H2,(H2,26,27,28). The fraction of sp³-hybridized carbons (Fsp3) is 0.0417. The van der Waals surface area contributed by atoms with Gasteiger partial charge in [0.2, 0.25) is 0 Å². The average Bonchev–Trinajstić information content (AvgIpc) is 3.23. The maximum atomic E-state index is 11.7. The zero-order valence-corrected chi connectivity index (χ0v) is 18.1. The summed E-state index contributed by atoms with van der Waals surface area (Å²) < 4.78 is 17.1. The smallest absolute Gasteiger partial charge is 0.397 e. The molecule has 4 rings (SSSR count). The largest absolute Gasteiger partial charge is 0.457 e. The van der Waals surface area contributed by atoms with Crippen molar-refractivity contribution in [1.29, 1.82) is 0 Å². The number of rotatable bonds is 7. The molecule has 5 nitrogen and oxygen atoms in total. The SMILES string of the molecule is O=C(c1ccc(Cc2ccc(Oc3cccc(-c4ccccc4)c3)cc2)s1)P(=O)(O)O. The molecule has 1 heterocycles. The summed E-state index contributed by atoms with van der Waals surface area (Å²) in [5.74, 6) is 1.45. The van der Waals surface area contributed by atoms with Crippen molar-refractivity contribution in [3.05, 3.63) is 106 Å². The summed E-state index contributed by atoms with van der Waals surface area (Å²) in [6.07, 6.45) is 0.558. The molecule has 0 spiro atoms. The van der Waals surface area contributed by atoms with Crippen molar-refractivity contribution < 1.29 is 23.9 Å². The molecule has 3 aromatic carbocycles. The van der Waals surface area contributed by atoms with Crippen molar-refractivity contribution in [3.63, 3.8) is 0 Å². The molecule has 4 aromatic rings. The van der Waals surface area contributed by atoms with Crippen LogP contribution in [0.15, 0.2) is 91.0 Å². The lowest BCUT2D eigenvalue weighted by atomic mass is 10.1. The molecule has 31 heavy (non-hydrogen) atoms. The van der Waals surface area contributed by atoms with E-state index in [1.807, 2.05) is 66.7 Å². The van der Waals surface area contributed by atoms with Gasteiger partial charge in [-0.15, -0.1) is 11.3 Å². The van der Waals surface area contributed by atoms with Crippen LogP contribution in [0.1, 0.15) is 20.1 Å². The van der Waals surface area contributed by atoms with E-state index in [9.17, 15) is 9.36 Å². The van der Waals surface area contributed by atoms with Crippen LogP contribution in [0, 0.1) is 0 Å². The van der Waals surface area contributed by atoms with Crippen LogP contribution in [0.3, 0.4) is 0 Å². The fourth-order valence-electron chi connectivity index (χ4n) is 3.11.